The largest absolute Gasteiger partial charge is 0.339 e. The van der Waals surface area contributed by atoms with Crippen molar-refractivity contribution in [2.24, 2.45) is 0 Å². The molecule has 1 aliphatic heterocycles. The third kappa shape index (κ3) is 4.11. The molecule has 1 saturated heterocycles. The summed E-state index contributed by atoms with van der Waals surface area (Å²) in [6, 6.07) is 7.01. The molecular weight excluding hydrogens is 388 g/mol. The van der Waals surface area contributed by atoms with Gasteiger partial charge in [-0.2, -0.15) is 0 Å². The topological polar surface area (TPSA) is 57.7 Å². The van der Waals surface area contributed by atoms with Crippen molar-refractivity contribution in [1.82, 2.24) is 9.80 Å². The summed E-state index contributed by atoms with van der Waals surface area (Å²) in [5.41, 5.74) is 0.200. The SMILES string of the molecule is C=C(C)CN(CC)C(=O)CC1(c2ccccc2Cl)CC(=O)N(C2CCCC2)C1=O. The maximum absolute atomic E-state index is 13.7. The number of rotatable bonds is 7. The van der Waals surface area contributed by atoms with Crippen molar-refractivity contribution in [3.05, 3.63) is 47.0 Å². The van der Waals surface area contributed by atoms with Gasteiger partial charge in [0.15, 0.2) is 0 Å². The first-order chi connectivity index (χ1) is 13.8. The Balaban J connectivity index is 2.01. The van der Waals surface area contributed by atoms with Gasteiger partial charge in [-0.05, 0) is 38.3 Å². The van der Waals surface area contributed by atoms with Crippen LogP contribution in [0, 0.1) is 0 Å². The number of imide groups is 1. The molecule has 1 unspecified atom stereocenters. The van der Waals surface area contributed by atoms with Crippen LogP contribution in [0.25, 0.3) is 0 Å². The van der Waals surface area contributed by atoms with E-state index in [1.54, 1.807) is 29.2 Å². The van der Waals surface area contributed by atoms with Gasteiger partial charge in [-0.1, -0.05) is 54.8 Å². The molecule has 29 heavy (non-hydrogen) atoms. The van der Waals surface area contributed by atoms with Crippen LogP contribution in [0.1, 0.15) is 57.9 Å². The number of carbonyl (C=O) groups is 3. The molecule has 0 aromatic heterocycles. The minimum Gasteiger partial charge on any atom is -0.339 e. The van der Waals surface area contributed by atoms with Crippen molar-refractivity contribution >= 4 is 29.3 Å². The summed E-state index contributed by atoms with van der Waals surface area (Å²) in [5, 5.41) is 0.415. The first-order valence-corrected chi connectivity index (χ1v) is 10.7. The van der Waals surface area contributed by atoms with Gasteiger partial charge in [-0.15, -0.1) is 0 Å². The van der Waals surface area contributed by atoms with Gasteiger partial charge < -0.3 is 4.90 Å². The Morgan fingerprint density at radius 1 is 1.28 bits per heavy atom. The summed E-state index contributed by atoms with van der Waals surface area (Å²) >= 11 is 6.47. The van der Waals surface area contributed by atoms with Crippen LogP contribution in [0.15, 0.2) is 36.4 Å². The second-order valence-corrected chi connectivity index (χ2v) is 8.69. The van der Waals surface area contributed by atoms with Crippen LogP contribution in [-0.4, -0.2) is 46.7 Å². The standard InChI is InChI=1S/C23H29ClN2O3/c1-4-25(15-16(2)3)20(27)13-23(18-11-7-8-12-19(18)24)14-21(28)26(22(23)29)17-9-5-6-10-17/h7-8,11-12,17H,2,4-6,9-10,13-15H2,1,3H3. The average Bonchev–Trinajstić information content (AvgIpc) is 3.27. The number of benzene rings is 1. The van der Waals surface area contributed by atoms with Gasteiger partial charge in [0.05, 0.1) is 5.41 Å². The molecule has 0 radical (unpaired) electrons. The van der Waals surface area contributed by atoms with Gasteiger partial charge in [0.25, 0.3) is 0 Å². The lowest BCUT2D eigenvalue weighted by Gasteiger charge is -2.32. The molecule has 1 saturated carbocycles. The summed E-state index contributed by atoms with van der Waals surface area (Å²) in [4.78, 5) is 43.0. The number of halogens is 1. The molecule has 0 spiro atoms. The van der Waals surface area contributed by atoms with Crippen LogP contribution < -0.4 is 0 Å². The van der Waals surface area contributed by atoms with Gasteiger partial charge in [-0.3, -0.25) is 19.3 Å². The summed E-state index contributed by atoms with van der Waals surface area (Å²) in [7, 11) is 0. The quantitative estimate of drug-likeness (QED) is 0.496. The lowest BCUT2D eigenvalue weighted by molar-refractivity contribution is -0.144. The Morgan fingerprint density at radius 3 is 2.52 bits per heavy atom. The maximum Gasteiger partial charge on any atom is 0.241 e. The van der Waals surface area contributed by atoms with Gasteiger partial charge in [0, 0.05) is 37.0 Å². The van der Waals surface area contributed by atoms with Crippen molar-refractivity contribution < 1.29 is 14.4 Å². The maximum atomic E-state index is 13.7. The fraction of sp³-hybridized carbons (Fsp3) is 0.522. The van der Waals surface area contributed by atoms with Crippen molar-refractivity contribution in [2.45, 2.75) is 63.8 Å². The Labute approximate surface area is 177 Å². The van der Waals surface area contributed by atoms with E-state index in [0.29, 0.717) is 23.7 Å². The monoisotopic (exact) mass is 416 g/mol. The molecule has 1 aromatic carbocycles. The third-order valence-corrected chi connectivity index (χ3v) is 6.41. The van der Waals surface area contributed by atoms with E-state index >= 15 is 0 Å². The number of likely N-dealkylation sites (tertiary alicyclic amines) is 1. The Bertz CT molecular complexity index is 831. The fourth-order valence-electron chi connectivity index (χ4n) is 4.66. The molecule has 6 heteroatoms. The van der Waals surface area contributed by atoms with Gasteiger partial charge in [-0.25, -0.2) is 0 Å². The Morgan fingerprint density at radius 2 is 1.93 bits per heavy atom. The normalized spacial score (nSPS) is 22.4. The first-order valence-electron chi connectivity index (χ1n) is 10.3. The molecule has 5 nitrogen and oxygen atoms in total. The number of nitrogens with zero attached hydrogens (tertiary/aromatic N) is 2. The highest BCUT2D eigenvalue weighted by Crippen LogP contribution is 2.45. The highest BCUT2D eigenvalue weighted by molar-refractivity contribution is 6.32. The molecule has 3 amide bonds. The van der Waals surface area contributed by atoms with Crippen LogP contribution in [-0.2, 0) is 19.8 Å². The molecule has 2 aliphatic rings. The lowest BCUT2D eigenvalue weighted by atomic mass is 9.75. The number of carbonyl (C=O) groups excluding carboxylic acids is 3. The highest BCUT2D eigenvalue weighted by Gasteiger charge is 2.56. The average molecular weight is 417 g/mol. The molecule has 156 valence electrons. The van der Waals surface area contributed by atoms with Crippen molar-refractivity contribution in [1.29, 1.82) is 0 Å². The molecule has 1 heterocycles. The van der Waals surface area contributed by atoms with E-state index in [-0.39, 0.29) is 36.6 Å². The number of hydrogen-bond acceptors (Lipinski definition) is 3. The molecule has 0 N–H and O–H groups in total. The predicted octanol–water partition coefficient (Wildman–Crippen LogP) is 4.09. The molecule has 3 rings (SSSR count). The summed E-state index contributed by atoms with van der Waals surface area (Å²) < 4.78 is 0. The van der Waals surface area contributed by atoms with Crippen LogP contribution in [0.2, 0.25) is 5.02 Å². The molecule has 1 atom stereocenters. The zero-order chi connectivity index (χ0) is 21.2. The predicted molar refractivity (Wildman–Crippen MR) is 114 cm³/mol. The molecule has 1 aromatic rings. The van der Waals surface area contributed by atoms with E-state index < -0.39 is 5.41 Å². The van der Waals surface area contributed by atoms with Crippen LogP contribution in [0.5, 0.6) is 0 Å². The van der Waals surface area contributed by atoms with Gasteiger partial charge in [0.2, 0.25) is 17.7 Å². The fourth-order valence-corrected chi connectivity index (χ4v) is 4.98. The Kier molecular flexibility index (Phi) is 6.47. The van der Waals surface area contributed by atoms with Crippen molar-refractivity contribution in [3.8, 4) is 0 Å². The highest BCUT2D eigenvalue weighted by atomic mass is 35.5. The van der Waals surface area contributed by atoms with Crippen LogP contribution in [0.4, 0.5) is 0 Å². The minimum atomic E-state index is -1.24. The van der Waals surface area contributed by atoms with Gasteiger partial charge in [0.1, 0.15) is 0 Å². The third-order valence-electron chi connectivity index (χ3n) is 6.08. The Hall–Kier alpha value is -2.14. The van der Waals surface area contributed by atoms with Crippen LogP contribution in [0.3, 0.4) is 0 Å². The molecule has 2 fully saturated rings. The number of likely N-dealkylation sites (N-methyl/N-ethyl adjacent to an activating group) is 1. The second-order valence-electron chi connectivity index (χ2n) is 8.29. The number of amides is 3. The lowest BCUT2D eigenvalue weighted by Crippen LogP contribution is -2.46. The van der Waals surface area contributed by atoms with E-state index in [4.69, 9.17) is 11.6 Å². The summed E-state index contributed by atoms with van der Waals surface area (Å²) in [5.74, 6) is -0.635. The molecular formula is C23H29ClN2O3. The van der Waals surface area contributed by atoms with Gasteiger partial charge >= 0.3 is 0 Å². The summed E-state index contributed by atoms with van der Waals surface area (Å²) in [6.07, 6.45) is 3.62. The van der Waals surface area contributed by atoms with Crippen molar-refractivity contribution in [2.75, 3.05) is 13.1 Å². The minimum absolute atomic E-state index is 0.0115. The van der Waals surface area contributed by atoms with E-state index in [2.05, 4.69) is 6.58 Å². The van der Waals surface area contributed by atoms with E-state index in [0.717, 1.165) is 31.3 Å². The van der Waals surface area contributed by atoms with Crippen LogP contribution >= 0.6 is 11.6 Å². The molecule has 0 bridgehead atoms. The molecule has 1 aliphatic carbocycles. The van der Waals surface area contributed by atoms with Crippen molar-refractivity contribution in [3.63, 3.8) is 0 Å². The first kappa shape index (κ1) is 21.6. The van der Waals surface area contributed by atoms with E-state index in [1.807, 2.05) is 13.8 Å². The zero-order valence-electron chi connectivity index (χ0n) is 17.2. The summed E-state index contributed by atoms with van der Waals surface area (Å²) in [6.45, 7) is 8.60. The smallest absolute Gasteiger partial charge is 0.241 e. The van der Waals surface area contributed by atoms with E-state index in [1.165, 1.54) is 4.90 Å². The van der Waals surface area contributed by atoms with E-state index in [9.17, 15) is 14.4 Å². The zero-order valence-corrected chi connectivity index (χ0v) is 18.0. The second kappa shape index (κ2) is 8.70. The number of hydrogen-bond donors (Lipinski definition) is 0.